The molecule has 1 N–H and O–H groups in total. The predicted molar refractivity (Wildman–Crippen MR) is 45.4 cm³/mol. The van der Waals surface area contributed by atoms with Crippen LogP contribution < -0.4 is 0 Å². The van der Waals surface area contributed by atoms with E-state index in [1.165, 1.54) is 0 Å². The minimum absolute atomic E-state index is 0.0975. The predicted octanol–water partition coefficient (Wildman–Crippen LogP) is 0.268. The van der Waals surface area contributed by atoms with Crippen molar-refractivity contribution in [1.82, 2.24) is 4.90 Å². The zero-order valence-electron chi connectivity index (χ0n) is 7.45. The molecule has 2 fully saturated rings. The van der Waals surface area contributed by atoms with E-state index in [9.17, 15) is 9.59 Å². The van der Waals surface area contributed by atoms with Gasteiger partial charge in [-0.15, -0.1) is 0 Å². The minimum atomic E-state index is -1.14. The molecule has 0 spiro atoms. The quantitative estimate of drug-likeness (QED) is 0.593. The summed E-state index contributed by atoms with van der Waals surface area (Å²) < 4.78 is 0. The Balaban J connectivity index is 2.36. The summed E-state index contributed by atoms with van der Waals surface area (Å²) in [7, 11) is 0. The fourth-order valence-corrected chi connectivity index (χ4v) is 2.46. The molecule has 0 bridgehead atoms. The van der Waals surface area contributed by atoms with Crippen molar-refractivity contribution in [2.24, 2.45) is 0 Å². The van der Waals surface area contributed by atoms with Crippen molar-refractivity contribution in [3.63, 3.8) is 0 Å². The number of fused-ring (bicyclic) bond motifs is 1. The third-order valence-corrected chi connectivity index (χ3v) is 3.18. The maximum atomic E-state index is 11.5. The Morgan fingerprint density at radius 3 is 2.77 bits per heavy atom. The summed E-state index contributed by atoms with van der Waals surface area (Å²) in [5.74, 6) is -1.05. The first-order valence-electron chi connectivity index (χ1n) is 4.70. The molecular formula is C9H13NO3. The lowest BCUT2D eigenvalue weighted by Gasteiger charge is -2.36. The topological polar surface area (TPSA) is 57.6 Å². The monoisotopic (exact) mass is 183 g/mol. The summed E-state index contributed by atoms with van der Waals surface area (Å²) in [6.07, 6.45) is 2.78. The van der Waals surface area contributed by atoms with Crippen LogP contribution in [0.5, 0.6) is 0 Å². The molecule has 0 aromatic rings. The van der Waals surface area contributed by atoms with E-state index in [2.05, 4.69) is 0 Å². The number of hydrogen-bond acceptors (Lipinski definition) is 3. The maximum Gasteiger partial charge on any atom is 0.331 e. The molecule has 0 amide bonds. The van der Waals surface area contributed by atoms with Crippen molar-refractivity contribution in [3.05, 3.63) is 0 Å². The Labute approximate surface area is 76.5 Å². The third kappa shape index (κ3) is 1.01. The molecule has 13 heavy (non-hydrogen) atoms. The van der Waals surface area contributed by atoms with E-state index < -0.39 is 11.5 Å². The van der Waals surface area contributed by atoms with Gasteiger partial charge in [0.15, 0.2) is 11.3 Å². The fourth-order valence-electron chi connectivity index (χ4n) is 2.46. The van der Waals surface area contributed by atoms with Gasteiger partial charge in [0.1, 0.15) is 0 Å². The van der Waals surface area contributed by atoms with Crippen LogP contribution in [-0.2, 0) is 9.59 Å². The summed E-state index contributed by atoms with van der Waals surface area (Å²) >= 11 is 0. The summed E-state index contributed by atoms with van der Waals surface area (Å²) in [5.41, 5.74) is -1.14. The summed E-state index contributed by atoms with van der Waals surface area (Å²) in [5, 5.41) is 9.11. The molecule has 1 unspecified atom stereocenters. The number of aliphatic carboxylic acids is 1. The Morgan fingerprint density at radius 1 is 1.38 bits per heavy atom. The van der Waals surface area contributed by atoms with Gasteiger partial charge in [-0.1, -0.05) is 0 Å². The average Bonchev–Trinajstić information content (AvgIpc) is 2.46. The largest absolute Gasteiger partial charge is 0.480 e. The zero-order chi connectivity index (χ0) is 9.47. The van der Waals surface area contributed by atoms with Crippen molar-refractivity contribution in [3.8, 4) is 0 Å². The van der Waals surface area contributed by atoms with E-state index in [0.29, 0.717) is 19.4 Å². The highest BCUT2D eigenvalue weighted by atomic mass is 16.4. The van der Waals surface area contributed by atoms with Gasteiger partial charge in [0.05, 0.1) is 0 Å². The van der Waals surface area contributed by atoms with Gasteiger partial charge in [-0.2, -0.15) is 0 Å². The molecule has 0 saturated carbocycles. The van der Waals surface area contributed by atoms with Crippen LogP contribution in [-0.4, -0.2) is 40.4 Å². The van der Waals surface area contributed by atoms with Gasteiger partial charge in [-0.05, 0) is 25.8 Å². The number of nitrogens with zero attached hydrogens (tertiary/aromatic N) is 1. The normalized spacial score (nSPS) is 34.6. The molecule has 2 heterocycles. The van der Waals surface area contributed by atoms with Crippen molar-refractivity contribution < 1.29 is 14.7 Å². The van der Waals surface area contributed by atoms with Gasteiger partial charge in [0, 0.05) is 13.0 Å². The smallest absolute Gasteiger partial charge is 0.331 e. The van der Waals surface area contributed by atoms with Crippen LogP contribution in [0, 0.1) is 0 Å². The van der Waals surface area contributed by atoms with E-state index in [1.807, 2.05) is 4.90 Å². The molecule has 0 radical (unpaired) electrons. The van der Waals surface area contributed by atoms with Crippen molar-refractivity contribution in [2.75, 3.05) is 13.1 Å². The molecule has 0 aromatic carbocycles. The maximum absolute atomic E-state index is 11.5. The van der Waals surface area contributed by atoms with E-state index in [4.69, 9.17) is 5.11 Å². The molecule has 2 saturated heterocycles. The second-order valence-electron chi connectivity index (χ2n) is 3.78. The minimum Gasteiger partial charge on any atom is -0.480 e. The highest BCUT2D eigenvalue weighted by Gasteiger charge is 2.55. The lowest BCUT2D eigenvalue weighted by Crippen LogP contribution is -2.57. The fraction of sp³-hybridized carbons (Fsp3) is 0.778. The summed E-state index contributed by atoms with van der Waals surface area (Å²) in [6, 6.07) is 0. The second-order valence-corrected chi connectivity index (χ2v) is 3.78. The number of carboxylic acid groups (broad SMARTS) is 1. The Bertz CT molecular complexity index is 264. The second kappa shape index (κ2) is 2.80. The number of Topliss-reactive ketones (excluding diaryl/α,β-unsaturated/α-hetero) is 1. The number of carboxylic acids is 1. The third-order valence-electron chi connectivity index (χ3n) is 3.18. The van der Waals surface area contributed by atoms with Gasteiger partial charge < -0.3 is 5.11 Å². The van der Waals surface area contributed by atoms with Gasteiger partial charge in [0.25, 0.3) is 0 Å². The molecule has 1 atom stereocenters. The van der Waals surface area contributed by atoms with Gasteiger partial charge in [0.2, 0.25) is 0 Å². The lowest BCUT2D eigenvalue weighted by atomic mass is 9.85. The number of carbonyl (C=O) groups excluding carboxylic acids is 1. The van der Waals surface area contributed by atoms with Crippen LogP contribution in [0.15, 0.2) is 0 Å². The molecule has 4 heteroatoms. The first-order valence-corrected chi connectivity index (χ1v) is 4.70. The summed E-state index contributed by atoms with van der Waals surface area (Å²) in [6.45, 7) is 1.39. The molecule has 0 aromatic heterocycles. The van der Waals surface area contributed by atoms with E-state index in [1.54, 1.807) is 0 Å². The number of piperidine rings is 1. The van der Waals surface area contributed by atoms with Crippen LogP contribution in [0.2, 0.25) is 0 Å². The van der Waals surface area contributed by atoms with Crippen LogP contribution in [0.25, 0.3) is 0 Å². The Hall–Kier alpha value is -0.900. The van der Waals surface area contributed by atoms with Crippen LogP contribution in [0.3, 0.4) is 0 Å². The molecular weight excluding hydrogens is 170 g/mol. The van der Waals surface area contributed by atoms with Crippen LogP contribution in [0.1, 0.15) is 25.7 Å². The number of rotatable bonds is 1. The molecule has 0 aliphatic carbocycles. The van der Waals surface area contributed by atoms with E-state index >= 15 is 0 Å². The van der Waals surface area contributed by atoms with E-state index in [0.717, 1.165) is 19.4 Å². The first kappa shape index (κ1) is 8.69. The number of ketones is 1. The Kier molecular flexibility index (Phi) is 1.87. The first-order chi connectivity index (χ1) is 6.18. The SMILES string of the molecule is O=C(O)C12CCCCN1CCC2=O. The average molecular weight is 183 g/mol. The zero-order valence-corrected chi connectivity index (χ0v) is 7.45. The van der Waals surface area contributed by atoms with Crippen molar-refractivity contribution >= 4 is 11.8 Å². The van der Waals surface area contributed by atoms with Gasteiger partial charge >= 0.3 is 5.97 Å². The number of hydrogen-bond donors (Lipinski definition) is 1. The van der Waals surface area contributed by atoms with Crippen LogP contribution >= 0.6 is 0 Å². The highest BCUT2D eigenvalue weighted by molar-refractivity contribution is 6.09. The van der Waals surface area contributed by atoms with Gasteiger partial charge in [-0.25, -0.2) is 4.79 Å². The molecule has 2 aliphatic heterocycles. The van der Waals surface area contributed by atoms with Gasteiger partial charge in [-0.3, -0.25) is 9.69 Å². The molecule has 72 valence electrons. The molecule has 2 rings (SSSR count). The standard InChI is InChI=1S/C9H13NO3/c11-7-3-6-10-5-2-1-4-9(7,10)8(12)13/h1-6H2,(H,12,13). The van der Waals surface area contributed by atoms with E-state index in [-0.39, 0.29) is 5.78 Å². The van der Waals surface area contributed by atoms with Crippen LogP contribution in [0.4, 0.5) is 0 Å². The Morgan fingerprint density at radius 2 is 2.15 bits per heavy atom. The number of carbonyl (C=O) groups is 2. The van der Waals surface area contributed by atoms with Crippen molar-refractivity contribution in [1.29, 1.82) is 0 Å². The molecule has 4 nitrogen and oxygen atoms in total. The lowest BCUT2D eigenvalue weighted by molar-refractivity contribution is -0.156. The summed E-state index contributed by atoms with van der Waals surface area (Å²) in [4.78, 5) is 24.5. The molecule has 2 aliphatic rings. The van der Waals surface area contributed by atoms with Crippen molar-refractivity contribution in [2.45, 2.75) is 31.2 Å². The highest BCUT2D eigenvalue weighted by Crippen LogP contribution is 2.35.